The van der Waals surface area contributed by atoms with Crippen LogP contribution in [0.5, 0.6) is 0 Å². The largest absolute Gasteiger partial charge is 0.384 e. The van der Waals surface area contributed by atoms with Crippen LogP contribution in [0.1, 0.15) is 22.8 Å². The van der Waals surface area contributed by atoms with Gasteiger partial charge in [0, 0.05) is 0 Å². The van der Waals surface area contributed by atoms with Gasteiger partial charge < -0.3 is 5.11 Å². The Labute approximate surface area is 130 Å². The van der Waals surface area contributed by atoms with Crippen molar-refractivity contribution in [2.75, 3.05) is 0 Å². The zero-order valence-corrected chi connectivity index (χ0v) is 13.4. The van der Waals surface area contributed by atoms with E-state index in [-0.39, 0.29) is 0 Å². The lowest BCUT2D eigenvalue weighted by Crippen LogP contribution is -1.99. The Hall–Kier alpha value is -0.910. The highest BCUT2D eigenvalue weighted by atomic mass is 127. The van der Waals surface area contributed by atoms with Crippen LogP contribution >= 0.6 is 33.9 Å². The molecule has 0 radical (unpaired) electrons. The molecule has 0 amide bonds. The van der Waals surface area contributed by atoms with Crippen LogP contribution in [-0.4, -0.2) is 5.11 Å². The van der Waals surface area contributed by atoms with Gasteiger partial charge in [0.15, 0.2) is 0 Å². The topological polar surface area (TPSA) is 20.2 Å². The van der Waals surface area contributed by atoms with Crippen molar-refractivity contribution in [2.45, 2.75) is 13.0 Å². The summed E-state index contributed by atoms with van der Waals surface area (Å²) in [5.74, 6) is 0. The van der Waals surface area contributed by atoms with E-state index in [1.807, 2.05) is 29.6 Å². The van der Waals surface area contributed by atoms with Crippen LogP contribution < -0.4 is 0 Å². The maximum Gasteiger partial charge on any atom is 0.105 e. The molecule has 0 bridgehead atoms. The second-order valence-electron chi connectivity index (χ2n) is 4.60. The second kappa shape index (κ2) is 5.23. The summed E-state index contributed by atoms with van der Waals surface area (Å²) in [7, 11) is 0. The van der Waals surface area contributed by atoms with Gasteiger partial charge in [0.2, 0.25) is 0 Å². The number of thiophene rings is 1. The van der Waals surface area contributed by atoms with Gasteiger partial charge in [-0.15, -0.1) is 11.3 Å². The number of benzene rings is 2. The molecular weight excluding hydrogens is 367 g/mol. The first-order valence-electron chi connectivity index (χ1n) is 6.07. The highest BCUT2D eigenvalue weighted by Gasteiger charge is 2.15. The van der Waals surface area contributed by atoms with Gasteiger partial charge >= 0.3 is 0 Å². The molecule has 0 fully saturated rings. The molecule has 1 atom stereocenters. The van der Waals surface area contributed by atoms with Crippen LogP contribution in [0.2, 0.25) is 0 Å². The van der Waals surface area contributed by atoms with Crippen LogP contribution in [0.3, 0.4) is 0 Å². The Kier molecular flexibility index (Phi) is 3.60. The van der Waals surface area contributed by atoms with Gasteiger partial charge in [0.05, 0.1) is 2.88 Å². The van der Waals surface area contributed by atoms with Crippen molar-refractivity contribution in [3.05, 3.63) is 67.4 Å². The van der Waals surface area contributed by atoms with E-state index < -0.39 is 6.10 Å². The first-order chi connectivity index (χ1) is 9.16. The third kappa shape index (κ3) is 2.42. The maximum absolute atomic E-state index is 10.6. The normalized spacial score (nSPS) is 12.8. The molecule has 2 aromatic carbocycles. The van der Waals surface area contributed by atoms with Gasteiger partial charge in [-0.2, -0.15) is 0 Å². The van der Waals surface area contributed by atoms with Crippen LogP contribution in [0.15, 0.2) is 47.8 Å². The van der Waals surface area contributed by atoms with Gasteiger partial charge in [0.25, 0.3) is 0 Å². The number of hydrogen-bond donors (Lipinski definition) is 1. The van der Waals surface area contributed by atoms with E-state index in [4.69, 9.17) is 0 Å². The number of aliphatic hydroxyl groups excluding tert-OH is 1. The molecule has 3 heteroatoms. The number of aliphatic hydroxyl groups is 1. The van der Waals surface area contributed by atoms with E-state index in [2.05, 4.69) is 47.7 Å². The Bertz CT molecular complexity index is 732. The number of hydrogen-bond acceptors (Lipinski definition) is 2. The average molecular weight is 380 g/mol. The van der Waals surface area contributed by atoms with Crippen LogP contribution in [0.25, 0.3) is 10.8 Å². The lowest BCUT2D eigenvalue weighted by Gasteiger charge is -2.14. The van der Waals surface area contributed by atoms with Gasteiger partial charge in [0.1, 0.15) is 6.10 Å². The molecule has 1 nitrogen and oxygen atoms in total. The molecule has 0 spiro atoms. The minimum absolute atomic E-state index is 0.551. The highest BCUT2D eigenvalue weighted by molar-refractivity contribution is 14.1. The maximum atomic E-state index is 10.6. The molecular formula is C16H13IOS. The zero-order chi connectivity index (χ0) is 13.4. The molecule has 1 aromatic heterocycles. The first-order valence-corrected chi connectivity index (χ1v) is 8.03. The second-order valence-corrected chi connectivity index (χ2v) is 7.41. The summed E-state index contributed by atoms with van der Waals surface area (Å²) in [6, 6.07) is 14.4. The van der Waals surface area contributed by atoms with E-state index in [1.54, 1.807) is 11.3 Å². The SMILES string of the molecule is Cc1ccc(C(O)c2csc(I)c2)c2ccccc12. The fourth-order valence-corrected chi connectivity index (χ4v) is 3.75. The fraction of sp³-hybridized carbons (Fsp3) is 0.125. The summed E-state index contributed by atoms with van der Waals surface area (Å²) < 4.78 is 1.20. The summed E-state index contributed by atoms with van der Waals surface area (Å²) in [5, 5.41) is 15.0. The Morgan fingerprint density at radius 2 is 1.84 bits per heavy atom. The van der Waals surface area contributed by atoms with E-state index in [9.17, 15) is 5.11 Å². The van der Waals surface area contributed by atoms with E-state index in [0.717, 1.165) is 16.5 Å². The first kappa shape index (κ1) is 13.1. The molecule has 96 valence electrons. The Morgan fingerprint density at radius 3 is 2.53 bits per heavy atom. The van der Waals surface area contributed by atoms with Crippen molar-refractivity contribution in [2.24, 2.45) is 0 Å². The predicted octanol–water partition coefficient (Wildman–Crippen LogP) is 4.90. The quantitative estimate of drug-likeness (QED) is 0.628. The number of rotatable bonds is 2. The lowest BCUT2D eigenvalue weighted by molar-refractivity contribution is 0.222. The molecule has 0 saturated heterocycles. The highest BCUT2D eigenvalue weighted by Crippen LogP contribution is 2.32. The number of fused-ring (bicyclic) bond motifs is 1. The summed E-state index contributed by atoms with van der Waals surface area (Å²) in [6.45, 7) is 2.10. The van der Waals surface area contributed by atoms with E-state index >= 15 is 0 Å². The standard InChI is InChI=1S/C16H13IOS/c1-10-6-7-14(13-5-3-2-4-12(10)13)16(18)11-8-15(17)19-9-11/h2-9,16,18H,1H3. The van der Waals surface area contributed by atoms with Crippen molar-refractivity contribution < 1.29 is 5.11 Å². The van der Waals surface area contributed by atoms with Crippen molar-refractivity contribution >= 4 is 44.7 Å². The Morgan fingerprint density at radius 1 is 1.11 bits per heavy atom. The van der Waals surface area contributed by atoms with Crippen LogP contribution in [-0.2, 0) is 0 Å². The van der Waals surface area contributed by atoms with E-state index in [0.29, 0.717) is 0 Å². The van der Waals surface area contributed by atoms with E-state index in [1.165, 1.54) is 13.8 Å². The number of aryl methyl sites for hydroxylation is 1. The molecule has 1 heterocycles. The third-order valence-corrected chi connectivity index (χ3v) is 5.18. The molecule has 0 aliphatic heterocycles. The van der Waals surface area contributed by atoms with Crippen molar-refractivity contribution in [3.63, 3.8) is 0 Å². The summed E-state index contributed by atoms with van der Waals surface area (Å²) >= 11 is 3.95. The number of halogens is 1. The molecule has 3 aromatic rings. The summed E-state index contributed by atoms with van der Waals surface area (Å²) in [4.78, 5) is 0. The predicted molar refractivity (Wildman–Crippen MR) is 89.8 cm³/mol. The molecule has 1 N–H and O–H groups in total. The monoisotopic (exact) mass is 380 g/mol. The van der Waals surface area contributed by atoms with Crippen molar-refractivity contribution in [1.29, 1.82) is 0 Å². The lowest BCUT2D eigenvalue weighted by atomic mass is 9.95. The van der Waals surface area contributed by atoms with Crippen LogP contribution in [0, 0.1) is 9.81 Å². The Balaban J connectivity index is 2.18. The smallest absolute Gasteiger partial charge is 0.105 e. The van der Waals surface area contributed by atoms with Crippen molar-refractivity contribution in [1.82, 2.24) is 0 Å². The molecule has 0 aliphatic carbocycles. The fourth-order valence-electron chi connectivity index (χ4n) is 2.36. The zero-order valence-electron chi connectivity index (χ0n) is 10.4. The molecule has 1 unspecified atom stereocenters. The minimum Gasteiger partial charge on any atom is -0.384 e. The van der Waals surface area contributed by atoms with Crippen molar-refractivity contribution in [3.8, 4) is 0 Å². The summed E-state index contributed by atoms with van der Waals surface area (Å²) in [6.07, 6.45) is -0.551. The third-order valence-electron chi connectivity index (χ3n) is 3.37. The molecule has 3 rings (SSSR count). The summed E-state index contributed by atoms with van der Waals surface area (Å²) in [5.41, 5.74) is 3.20. The van der Waals surface area contributed by atoms with Crippen LogP contribution in [0.4, 0.5) is 0 Å². The molecule has 0 aliphatic rings. The molecule has 19 heavy (non-hydrogen) atoms. The van der Waals surface area contributed by atoms with Gasteiger partial charge in [-0.3, -0.25) is 0 Å². The van der Waals surface area contributed by atoms with Gasteiger partial charge in [-0.05, 0) is 68.4 Å². The minimum atomic E-state index is -0.551. The molecule has 0 saturated carbocycles. The van der Waals surface area contributed by atoms with Gasteiger partial charge in [-0.25, -0.2) is 0 Å². The van der Waals surface area contributed by atoms with Gasteiger partial charge in [-0.1, -0.05) is 36.4 Å². The average Bonchev–Trinajstić information content (AvgIpc) is 2.86.